The zero-order chi connectivity index (χ0) is 38.8. The van der Waals surface area contributed by atoms with Crippen molar-refractivity contribution in [3.05, 3.63) is 71.1 Å². The molecule has 2 aromatic rings. The fourth-order valence-corrected chi connectivity index (χ4v) is 5.92. The Kier molecular flexibility index (Phi) is 19.0. The lowest BCUT2D eigenvalue weighted by molar-refractivity contribution is -0.134. The van der Waals surface area contributed by atoms with Crippen molar-refractivity contribution in [3.63, 3.8) is 0 Å². The minimum Gasteiger partial charge on any atom is -0.491 e. The monoisotopic (exact) mass is 729 g/mol. The Morgan fingerprint density at radius 1 is 0.923 bits per heavy atom. The van der Waals surface area contributed by atoms with Gasteiger partial charge in [0.1, 0.15) is 11.6 Å². The van der Waals surface area contributed by atoms with Crippen LogP contribution in [0.4, 0.5) is 10.1 Å². The molecular formula is C39H56FN3O9. The summed E-state index contributed by atoms with van der Waals surface area (Å²) in [6, 6.07) is 9.48. The molecule has 0 aliphatic heterocycles. The van der Waals surface area contributed by atoms with Gasteiger partial charge in [0.2, 0.25) is 11.8 Å². The van der Waals surface area contributed by atoms with E-state index in [1.807, 2.05) is 19.9 Å². The summed E-state index contributed by atoms with van der Waals surface area (Å²) >= 11 is 0. The van der Waals surface area contributed by atoms with Gasteiger partial charge in [0.15, 0.2) is 0 Å². The van der Waals surface area contributed by atoms with Crippen molar-refractivity contribution in [2.24, 2.45) is 29.4 Å². The van der Waals surface area contributed by atoms with E-state index in [0.29, 0.717) is 43.2 Å². The van der Waals surface area contributed by atoms with Gasteiger partial charge in [0, 0.05) is 57.2 Å². The molecule has 4 atom stereocenters. The molecule has 0 saturated carbocycles. The van der Waals surface area contributed by atoms with Gasteiger partial charge in [-0.15, -0.1) is 0 Å². The number of benzene rings is 2. The van der Waals surface area contributed by atoms with E-state index in [2.05, 4.69) is 30.5 Å². The largest absolute Gasteiger partial charge is 0.491 e. The number of hydrogen-bond donors (Lipinski definition) is 6. The van der Waals surface area contributed by atoms with Gasteiger partial charge >= 0.3 is 11.9 Å². The minimum atomic E-state index is -1.26. The number of aliphatic carboxylic acids is 2. The summed E-state index contributed by atoms with van der Waals surface area (Å²) in [6.45, 7) is 9.37. The molecule has 0 unspecified atom stereocenters. The lowest BCUT2D eigenvalue weighted by Crippen LogP contribution is -2.42. The van der Waals surface area contributed by atoms with Crippen LogP contribution in [0.1, 0.15) is 76.5 Å². The number of anilines is 1. The van der Waals surface area contributed by atoms with Crippen LogP contribution >= 0.6 is 0 Å². The summed E-state index contributed by atoms with van der Waals surface area (Å²) in [5.41, 5.74) is 10.5. The lowest BCUT2D eigenvalue weighted by atomic mass is 9.82. The van der Waals surface area contributed by atoms with Crippen LogP contribution in [-0.2, 0) is 43.3 Å². The number of carbonyl (C=O) groups excluding carboxylic acids is 2. The van der Waals surface area contributed by atoms with E-state index in [-0.39, 0.29) is 54.8 Å². The SMILES string of the molecule is COCCCOc1cc2c(cc1NC(=O)C[C@@H](C[C@H](N)[C@@H](O)C[C@H](C(=O)NCc1ccc(F)cc1)C(C)C)C(C)C)CCC2.O=C(O)/C=C/C(=O)O. The first-order chi connectivity index (χ1) is 24.6. The zero-order valence-electron chi connectivity index (χ0n) is 30.9. The van der Waals surface area contributed by atoms with Crippen molar-refractivity contribution >= 4 is 29.4 Å². The molecule has 0 saturated heterocycles. The van der Waals surface area contributed by atoms with Crippen LogP contribution < -0.4 is 21.1 Å². The number of aliphatic hydroxyl groups is 1. The summed E-state index contributed by atoms with van der Waals surface area (Å²) in [5.74, 6) is -2.83. The highest BCUT2D eigenvalue weighted by molar-refractivity contribution is 5.93. The normalized spacial score (nSPS) is 14.6. The second kappa shape index (κ2) is 22.6. The van der Waals surface area contributed by atoms with Crippen LogP contribution in [0.5, 0.6) is 5.75 Å². The summed E-state index contributed by atoms with van der Waals surface area (Å²) in [5, 5.41) is 32.7. The van der Waals surface area contributed by atoms with Gasteiger partial charge in [0.05, 0.1) is 18.4 Å². The van der Waals surface area contributed by atoms with Crippen LogP contribution in [0, 0.1) is 29.5 Å². The highest BCUT2D eigenvalue weighted by Crippen LogP contribution is 2.34. The number of halogens is 1. The summed E-state index contributed by atoms with van der Waals surface area (Å²) in [6.07, 6.45) is 4.97. The van der Waals surface area contributed by atoms with Gasteiger partial charge < -0.3 is 41.2 Å². The van der Waals surface area contributed by atoms with Crippen molar-refractivity contribution in [2.45, 2.75) is 91.3 Å². The predicted octanol–water partition coefficient (Wildman–Crippen LogP) is 5.10. The molecule has 3 rings (SSSR count). The van der Waals surface area contributed by atoms with E-state index >= 15 is 0 Å². The number of rotatable bonds is 20. The molecule has 0 bridgehead atoms. The summed E-state index contributed by atoms with van der Waals surface area (Å²) in [4.78, 5) is 45.4. The Balaban J connectivity index is 0.00000104. The van der Waals surface area contributed by atoms with Gasteiger partial charge in [-0.3, -0.25) is 9.59 Å². The molecule has 288 valence electrons. The molecule has 52 heavy (non-hydrogen) atoms. The third kappa shape index (κ3) is 15.9. The van der Waals surface area contributed by atoms with Gasteiger partial charge in [-0.2, -0.15) is 0 Å². The van der Waals surface area contributed by atoms with E-state index in [1.165, 1.54) is 23.3 Å². The first kappa shape index (κ1) is 43.8. The Labute approximate surface area is 306 Å². The van der Waals surface area contributed by atoms with Gasteiger partial charge in [-0.25, -0.2) is 14.0 Å². The standard InChI is InChI=1S/C35H52FN3O5.C4H4O4/c1-22(2)27(19-34(41)39-31-17-25-8-6-9-26(25)18-33(31)44-15-7-14-43-5)16-30(37)32(40)20-29(23(3)4)35(42)38-21-24-10-12-28(36)13-11-24;5-3(6)1-2-4(7)8/h10-13,17-18,22-23,27,29-30,32,40H,6-9,14-16,19-21,37H2,1-5H3,(H,38,42)(H,39,41);1-2H,(H,5,6)(H,7,8)/b;2-1+/t27-,29+,30+,32+;/m1./s1. The molecule has 7 N–H and O–H groups in total. The number of carboxylic acids is 2. The number of carbonyl (C=O) groups is 4. The smallest absolute Gasteiger partial charge is 0.328 e. The Bertz CT molecular complexity index is 1460. The number of methoxy groups -OCH3 is 1. The lowest BCUT2D eigenvalue weighted by Gasteiger charge is -2.29. The second-order valence-electron chi connectivity index (χ2n) is 13.8. The number of amides is 2. The summed E-state index contributed by atoms with van der Waals surface area (Å²) < 4.78 is 24.4. The number of aryl methyl sites for hydroxylation is 2. The van der Waals surface area contributed by atoms with Crippen LogP contribution in [-0.4, -0.2) is 71.5 Å². The van der Waals surface area contributed by atoms with Gasteiger partial charge in [-0.05, 0) is 90.8 Å². The van der Waals surface area contributed by atoms with E-state index in [1.54, 1.807) is 19.2 Å². The molecule has 0 radical (unpaired) electrons. The highest BCUT2D eigenvalue weighted by atomic mass is 19.1. The van der Waals surface area contributed by atoms with Crippen LogP contribution in [0.15, 0.2) is 48.6 Å². The molecule has 0 aromatic heterocycles. The molecule has 1 aliphatic rings. The van der Waals surface area contributed by atoms with Crippen molar-refractivity contribution in [3.8, 4) is 5.75 Å². The molecule has 12 nitrogen and oxygen atoms in total. The molecule has 1 aliphatic carbocycles. The molecule has 0 heterocycles. The van der Waals surface area contributed by atoms with E-state index in [4.69, 9.17) is 25.4 Å². The maximum Gasteiger partial charge on any atom is 0.328 e. The number of ether oxygens (including phenoxy) is 2. The fraction of sp³-hybridized carbons (Fsp3) is 0.538. The topological polar surface area (TPSA) is 198 Å². The third-order valence-corrected chi connectivity index (χ3v) is 9.06. The Morgan fingerprint density at radius 2 is 1.54 bits per heavy atom. The number of carboxylic acid groups (broad SMARTS) is 2. The second-order valence-corrected chi connectivity index (χ2v) is 13.8. The maximum absolute atomic E-state index is 13.3. The van der Waals surface area contributed by atoms with Crippen molar-refractivity contribution in [2.75, 3.05) is 25.6 Å². The Morgan fingerprint density at radius 3 is 2.10 bits per heavy atom. The molecule has 0 spiro atoms. The number of fused-ring (bicyclic) bond motifs is 1. The maximum atomic E-state index is 13.3. The van der Waals surface area contributed by atoms with Crippen molar-refractivity contribution in [1.82, 2.24) is 5.32 Å². The minimum absolute atomic E-state index is 0.0185. The average molecular weight is 730 g/mol. The van der Waals surface area contributed by atoms with Crippen LogP contribution in [0.3, 0.4) is 0 Å². The number of nitrogens with two attached hydrogens (primary N) is 1. The van der Waals surface area contributed by atoms with Crippen molar-refractivity contribution in [1.29, 1.82) is 0 Å². The molecule has 13 heteroatoms. The molecular weight excluding hydrogens is 673 g/mol. The molecule has 2 amide bonds. The van der Waals surface area contributed by atoms with Crippen LogP contribution in [0.2, 0.25) is 0 Å². The van der Waals surface area contributed by atoms with E-state index in [0.717, 1.165) is 31.2 Å². The molecule has 0 fully saturated rings. The average Bonchev–Trinajstić information content (AvgIpc) is 3.54. The van der Waals surface area contributed by atoms with E-state index < -0.39 is 30.0 Å². The highest BCUT2D eigenvalue weighted by Gasteiger charge is 2.30. The predicted molar refractivity (Wildman–Crippen MR) is 196 cm³/mol. The number of nitrogens with one attached hydrogen (secondary N) is 2. The number of aliphatic hydroxyl groups excluding tert-OH is 1. The van der Waals surface area contributed by atoms with E-state index in [9.17, 15) is 28.7 Å². The first-order valence-electron chi connectivity index (χ1n) is 17.8. The summed E-state index contributed by atoms with van der Waals surface area (Å²) in [7, 11) is 1.66. The molecule has 2 aromatic carbocycles. The zero-order valence-corrected chi connectivity index (χ0v) is 30.9. The van der Waals surface area contributed by atoms with Crippen LogP contribution in [0.25, 0.3) is 0 Å². The van der Waals surface area contributed by atoms with Gasteiger partial charge in [-0.1, -0.05) is 39.8 Å². The number of hydrogen-bond acceptors (Lipinski definition) is 8. The van der Waals surface area contributed by atoms with Gasteiger partial charge in [0.25, 0.3) is 0 Å². The third-order valence-electron chi connectivity index (χ3n) is 9.06. The van der Waals surface area contributed by atoms with Crippen molar-refractivity contribution < 1.29 is 48.4 Å². The fourth-order valence-electron chi connectivity index (χ4n) is 5.92. The quantitative estimate of drug-likeness (QED) is 0.0788. The first-order valence-corrected chi connectivity index (χ1v) is 17.8. The Hall–Kier alpha value is -4.33.